The fourth-order valence-corrected chi connectivity index (χ4v) is 3.51. The molecule has 170 valence electrons. The van der Waals surface area contributed by atoms with Gasteiger partial charge in [-0.15, -0.1) is 24.0 Å². The maximum absolute atomic E-state index is 11.9. The van der Waals surface area contributed by atoms with Crippen LogP contribution in [0.5, 0.6) is 11.5 Å². The van der Waals surface area contributed by atoms with Crippen LogP contribution in [0.2, 0.25) is 0 Å². The van der Waals surface area contributed by atoms with Crippen LogP contribution in [0, 0.1) is 5.92 Å². The van der Waals surface area contributed by atoms with E-state index < -0.39 is 0 Å². The van der Waals surface area contributed by atoms with E-state index >= 15 is 0 Å². The van der Waals surface area contributed by atoms with E-state index in [2.05, 4.69) is 17.6 Å². The number of esters is 1. The standard InChI is InChI=1S/C22H35N3O4.HI/c1-5-23-22(25-18-11-9-17(10-12-18)21(26)29-7-3)24-15-16-8-13-19(27-4)20(14-16)28-6-2;/h8,13-14,17-18H,5-7,9-12,15H2,1-4H3,(H2,23,24,25);1H. The van der Waals surface area contributed by atoms with Crippen molar-refractivity contribution in [3.8, 4) is 11.5 Å². The van der Waals surface area contributed by atoms with Gasteiger partial charge in [0, 0.05) is 12.6 Å². The Balaban J connectivity index is 0.00000450. The van der Waals surface area contributed by atoms with Crippen molar-refractivity contribution in [3.05, 3.63) is 23.8 Å². The number of hydrogen-bond donors (Lipinski definition) is 2. The number of rotatable bonds is 9. The Morgan fingerprint density at radius 1 is 1.10 bits per heavy atom. The van der Waals surface area contributed by atoms with E-state index in [9.17, 15) is 4.79 Å². The second-order valence-corrected chi connectivity index (χ2v) is 7.06. The second kappa shape index (κ2) is 14.3. The summed E-state index contributed by atoms with van der Waals surface area (Å²) in [6.45, 7) is 8.22. The van der Waals surface area contributed by atoms with Crippen molar-refractivity contribution in [2.75, 3.05) is 26.9 Å². The van der Waals surface area contributed by atoms with Crippen molar-refractivity contribution in [3.63, 3.8) is 0 Å². The molecule has 0 atom stereocenters. The summed E-state index contributed by atoms with van der Waals surface area (Å²) in [5, 5.41) is 6.82. The van der Waals surface area contributed by atoms with Gasteiger partial charge in [0.1, 0.15) is 0 Å². The van der Waals surface area contributed by atoms with Crippen molar-refractivity contribution in [2.24, 2.45) is 10.9 Å². The van der Waals surface area contributed by atoms with Gasteiger partial charge in [-0.1, -0.05) is 6.07 Å². The maximum atomic E-state index is 11.9. The van der Waals surface area contributed by atoms with E-state index in [4.69, 9.17) is 19.2 Å². The first kappa shape index (κ1) is 26.3. The highest BCUT2D eigenvalue weighted by molar-refractivity contribution is 14.0. The molecular weight excluding hydrogens is 497 g/mol. The summed E-state index contributed by atoms with van der Waals surface area (Å²) in [4.78, 5) is 16.6. The largest absolute Gasteiger partial charge is 0.493 e. The number of hydrogen-bond acceptors (Lipinski definition) is 5. The van der Waals surface area contributed by atoms with E-state index in [1.807, 2.05) is 32.0 Å². The number of benzene rings is 1. The van der Waals surface area contributed by atoms with Crippen LogP contribution in [0.25, 0.3) is 0 Å². The molecule has 0 unspecified atom stereocenters. The van der Waals surface area contributed by atoms with E-state index in [0.29, 0.717) is 25.8 Å². The van der Waals surface area contributed by atoms with Gasteiger partial charge in [0.05, 0.1) is 32.8 Å². The van der Waals surface area contributed by atoms with Gasteiger partial charge in [-0.25, -0.2) is 4.99 Å². The second-order valence-electron chi connectivity index (χ2n) is 7.06. The number of aliphatic imine (C=N–C) groups is 1. The number of halogens is 1. The fourth-order valence-electron chi connectivity index (χ4n) is 3.51. The number of nitrogens with zero attached hydrogens (tertiary/aromatic N) is 1. The average Bonchev–Trinajstić information content (AvgIpc) is 2.73. The Morgan fingerprint density at radius 2 is 1.83 bits per heavy atom. The molecule has 1 aliphatic carbocycles. The average molecular weight is 533 g/mol. The minimum Gasteiger partial charge on any atom is -0.493 e. The lowest BCUT2D eigenvalue weighted by Crippen LogP contribution is -2.45. The number of ether oxygens (including phenoxy) is 3. The van der Waals surface area contributed by atoms with Crippen molar-refractivity contribution in [2.45, 2.75) is 59.0 Å². The summed E-state index contributed by atoms with van der Waals surface area (Å²) in [5.74, 6) is 2.22. The first-order valence-corrected chi connectivity index (χ1v) is 10.6. The van der Waals surface area contributed by atoms with Crippen LogP contribution in [-0.4, -0.2) is 44.8 Å². The topological polar surface area (TPSA) is 81.2 Å². The van der Waals surface area contributed by atoms with E-state index in [1.54, 1.807) is 7.11 Å². The third-order valence-electron chi connectivity index (χ3n) is 4.98. The zero-order chi connectivity index (χ0) is 21.1. The number of guanidine groups is 1. The van der Waals surface area contributed by atoms with E-state index in [1.165, 1.54) is 0 Å². The van der Waals surface area contributed by atoms with Crippen LogP contribution in [0.15, 0.2) is 23.2 Å². The first-order valence-electron chi connectivity index (χ1n) is 10.6. The molecule has 2 N–H and O–H groups in total. The summed E-state index contributed by atoms with van der Waals surface area (Å²) in [6.07, 6.45) is 3.58. The number of nitrogens with one attached hydrogen (secondary N) is 2. The van der Waals surface area contributed by atoms with Gasteiger partial charge in [-0.05, 0) is 64.2 Å². The van der Waals surface area contributed by atoms with Crippen molar-refractivity contribution in [1.29, 1.82) is 0 Å². The number of carbonyl (C=O) groups is 1. The highest BCUT2D eigenvalue weighted by Crippen LogP contribution is 2.28. The molecule has 0 bridgehead atoms. The molecule has 30 heavy (non-hydrogen) atoms. The molecule has 0 heterocycles. The Bertz CT molecular complexity index is 676. The Labute approximate surface area is 197 Å². The van der Waals surface area contributed by atoms with Crippen LogP contribution < -0.4 is 20.1 Å². The molecule has 1 aromatic rings. The van der Waals surface area contributed by atoms with Gasteiger partial charge in [-0.3, -0.25) is 4.79 Å². The Morgan fingerprint density at radius 3 is 2.43 bits per heavy atom. The minimum atomic E-state index is -0.0591. The van der Waals surface area contributed by atoms with Crippen molar-refractivity contribution >= 4 is 35.9 Å². The SMILES string of the molecule is CCNC(=NCc1ccc(OC)c(OCC)c1)NC1CCC(C(=O)OCC)CC1.I. The summed E-state index contributed by atoms with van der Waals surface area (Å²) < 4.78 is 16.1. The van der Waals surface area contributed by atoms with Gasteiger partial charge in [-0.2, -0.15) is 0 Å². The van der Waals surface area contributed by atoms with E-state index in [-0.39, 0.29) is 35.9 Å². The smallest absolute Gasteiger partial charge is 0.308 e. The normalized spacial score (nSPS) is 18.7. The van der Waals surface area contributed by atoms with Crippen molar-refractivity contribution < 1.29 is 19.0 Å². The molecule has 0 aromatic heterocycles. The summed E-state index contributed by atoms with van der Waals surface area (Å²) in [6, 6.07) is 6.19. The first-order chi connectivity index (χ1) is 14.1. The van der Waals surface area contributed by atoms with Crippen molar-refractivity contribution in [1.82, 2.24) is 10.6 Å². The molecular formula is C22H36IN3O4. The van der Waals surface area contributed by atoms with Gasteiger partial charge >= 0.3 is 5.97 Å². The molecule has 1 fully saturated rings. The lowest BCUT2D eigenvalue weighted by molar-refractivity contribution is -0.149. The predicted octanol–water partition coefficient (Wildman–Crippen LogP) is 3.89. The third kappa shape index (κ3) is 8.20. The van der Waals surface area contributed by atoms with Gasteiger partial charge in [0.2, 0.25) is 0 Å². The molecule has 0 spiro atoms. The molecule has 7 nitrogen and oxygen atoms in total. The van der Waals surface area contributed by atoms with Gasteiger partial charge in [0.25, 0.3) is 0 Å². The highest BCUT2D eigenvalue weighted by atomic mass is 127. The van der Waals surface area contributed by atoms with Crippen LogP contribution in [0.4, 0.5) is 0 Å². The monoisotopic (exact) mass is 533 g/mol. The van der Waals surface area contributed by atoms with Crippen LogP contribution in [0.3, 0.4) is 0 Å². The zero-order valence-electron chi connectivity index (χ0n) is 18.5. The highest BCUT2D eigenvalue weighted by Gasteiger charge is 2.27. The molecule has 1 aliphatic rings. The molecule has 0 amide bonds. The molecule has 0 radical (unpaired) electrons. The third-order valence-corrected chi connectivity index (χ3v) is 4.98. The minimum absolute atomic E-state index is 0. The van der Waals surface area contributed by atoms with Crippen LogP contribution >= 0.6 is 24.0 Å². The molecule has 1 saturated carbocycles. The Hall–Kier alpha value is -1.71. The molecule has 1 aromatic carbocycles. The summed E-state index contributed by atoms with van der Waals surface area (Å²) in [5.41, 5.74) is 1.05. The van der Waals surface area contributed by atoms with Crippen LogP contribution in [0.1, 0.15) is 52.0 Å². The fraction of sp³-hybridized carbons (Fsp3) is 0.636. The molecule has 8 heteroatoms. The zero-order valence-corrected chi connectivity index (χ0v) is 20.9. The molecule has 0 aliphatic heterocycles. The Kier molecular flexibility index (Phi) is 12.6. The van der Waals surface area contributed by atoms with Crippen LogP contribution in [-0.2, 0) is 16.1 Å². The quantitative estimate of drug-likeness (QED) is 0.217. The van der Waals surface area contributed by atoms with Gasteiger partial charge in [0.15, 0.2) is 17.5 Å². The molecule has 0 saturated heterocycles. The van der Waals surface area contributed by atoms with Gasteiger partial charge < -0.3 is 24.8 Å². The maximum Gasteiger partial charge on any atom is 0.308 e. The number of carbonyl (C=O) groups excluding carboxylic acids is 1. The summed E-state index contributed by atoms with van der Waals surface area (Å²) in [7, 11) is 1.64. The summed E-state index contributed by atoms with van der Waals surface area (Å²) >= 11 is 0. The predicted molar refractivity (Wildman–Crippen MR) is 130 cm³/mol. The lowest BCUT2D eigenvalue weighted by Gasteiger charge is -2.29. The molecule has 2 rings (SSSR count). The lowest BCUT2D eigenvalue weighted by atomic mass is 9.86. The number of methoxy groups -OCH3 is 1. The van der Waals surface area contributed by atoms with E-state index in [0.717, 1.165) is 55.3 Å².